The zero-order valence-electron chi connectivity index (χ0n) is 13.6. The summed E-state index contributed by atoms with van der Waals surface area (Å²) in [6.45, 7) is 0.243. The lowest BCUT2D eigenvalue weighted by atomic mass is 9.98. The predicted molar refractivity (Wildman–Crippen MR) is 92.2 cm³/mol. The Balaban J connectivity index is 1.58. The number of hydrogen-bond donors (Lipinski definition) is 2. The Hall–Kier alpha value is -1.46. The monoisotopic (exact) mass is 337 g/mol. The van der Waals surface area contributed by atoms with E-state index in [0.29, 0.717) is 28.9 Å². The highest BCUT2D eigenvalue weighted by Gasteiger charge is 2.36. The normalized spacial score (nSPS) is 26.0. The SMILES string of the molecule is COc1ccc(Cl)cc1NCC(=O)N(C)C1CC2CCC(C1)N2. The number of carbonyl (C=O) groups excluding carboxylic acids is 1. The van der Waals surface area contributed by atoms with E-state index in [9.17, 15) is 4.79 Å². The molecule has 3 rings (SSSR count). The van der Waals surface area contributed by atoms with E-state index in [1.54, 1.807) is 25.3 Å². The molecule has 2 bridgehead atoms. The van der Waals surface area contributed by atoms with Crippen LogP contribution in [0.15, 0.2) is 18.2 Å². The van der Waals surface area contributed by atoms with Crippen LogP contribution >= 0.6 is 11.6 Å². The molecule has 2 heterocycles. The van der Waals surface area contributed by atoms with E-state index >= 15 is 0 Å². The van der Waals surface area contributed by atoms with Crippen molar-refractivity contribution < 1.29 is 9.53 Å². The highest BCUT2D eigenvalue weighted by atomic mass is 35.5. The molecule has 2 fully saturated rings. The standard InChI is InChI=1S/C17H24ClN3O2/c1-21(14-8-12-4-5-13(9-14)20-12)17(22)10-19-15-7-11(18)3-6-16(15)23-2/h3,6-7,12-14,19-20H,4-5,8-10H2,1-2H3. The maximum Gasteiger partial charge on any atom is 0.241 e. The first-order valence-electron chi connectivity index (χ1n) is 8.16. The van der Waals surface area contributed by atoms with Gasteiger partial charge in [0.05, 0.1) is 19.3 Å². The van der Waals surface area contributed by atoms with E-state index < -0.39 is 0 Å². The number of fused-ring (bicyclic) bond motifs is 2. The number of rotatable bonds is 5. The van der Waals surface area contributed by atoms with Crippen LogP contribution in [0.2, 0.25) is 5.02 Å². The van der Waals surface area contributed by atoms with Gasteiger partial charge in [-0.15, -0.1) is 0 Å². The summed E-state index contributed by atoms with van der Waals surface area (Å²) in [6, 6.07) is 6.83. The van der Waals surface area contributed by atoms with Gasteiger partial charge in [0.2, 0.25) is 5.91 Å². The minimum Gasteiger partial charge on any atom is -0.495 e. The molecule has 0 saturated carbocycles. The summed E-state index contributed by atoms with van der Waals surface area (Å²) >= 11 is 6.01. The molecular weight excluding hydrogens is 314 g/mol. The third-order valence-corrected chi connectivity index (χ3v) is 5.22. The van der Waals surface area contributed by atoms with Gasteiger partial charge >= 0.3 is 0 Å². The van der Waals surface area contributed by atoms with Crippen LogP contribution in [0.3, 0.4) is 0 Å². The first-order valence-corrected chi connectivity index (χ1v) is 8.53. The highest BCUT2D eigenvalue weighted by molar-refractivity contribution is 6.30. The first kappa shape index (κ1) is 16.4. The average molecular weight is 338 g/mol. The van der Waals surface area contributed by atoms with Crippen molar-refractivity contribution in [3.05, 3.63) is 23.2 Å². The van der Waals surface area contributed by atoms with Gasteiger partial charge in [0.15, 0.2) is 0 Å². The molecule has 2 atom stereocenters. The van der Waals surface area contributed by atoms with E-state index in [1.165, 1.54) is 12.8 Å². The summed E-state index contributed by atoms with van der Waals surface area (Å²) in [6.07, 6.45) is 4.58. The fourth-order valence-corrected chi connectivity index (χ4v) is 3.83. The maximum absolute atomic E-state index is 12.5. The third kappa shape index (κ3) is 3.72. The number of anilines is 1. The quantitative estimate of drug-likeness (QED) is 0.867. The summed E-state index contributed by atoms with van der Waals surface area (Å²) < 4.78 is 5.29. The van der Waals surface area contributed by atoms with Crippen LogP contribution in [0.4, 0.5) is 5.69 Å². The number of piperidine rings is 1. The zero-order chi connectivity index (χ0) is 16.4. The van der Waals surface area contributed by atoms with Crippen LogP contribution in [0, 0.1) is 0 Å². The lowest BCUT2D eigenvalue weighted by Gasteiger charge is -2.35. The molecule has 23 heavy (non-hydrogen) atoms. The molecule has 1 aromatic rings. The van der Waals surface area contributed by atoms with Gasteiger partial charge in [0.25, 0.3) is 0 Å². The van der Waals surface area contributed by atoms with Crippen LogP contribution in [0.1, 0.15) is 25.7 Å². The molecule has 2 aliphatic heterocycles. The molecule has 2 unspecified atom stereocenters. The van der Waals surface area contributed by atoms with Gasteiger partial charge in [-0.3, -0.25) is 4.79 Å². The van der Waals surface area contributed by atoms with Crippen molar-refractivity contribution >= 4 is 23.2 Å². The Morgan fingerprint density at radius 2 is 2.09 bits per heavy atom. The fourth-order valence-electron chi connectivity index (χ4n) is 3.66. The van der Waals surface area contributed by atoms with Gasteiger partial charge in [-0.1, -0.05) is 11.6 Å². The first-order chi connectivity index (χ1) is 11.1. The van der Waals surface area contributed by atoms with Gasteiger partial charge in [0, 0.05) is 30.2 Å². The zero-order valence-corrected chi connectivity index (χ0v) is 14.4. The molecule has 6 heteroatoms. The largest absolute Gasteiger partial charge is 0.495 e. The maximum atomic E-state index is 12.5. The van der Waals surface area contributed by atoms with Gasteiger partial charge in [-0.25, -0.2) is 0 Å². The Bertz CT molecular complexity index is 569. The van der Waals surface area contributed by atoms with Crippen molar-refractivity contribution in [2.75, 3.05) is 26.0 Å². The molecule has 2 aliphatic rings. The van der Waals surface area contributed by atoms with E-state index in [2.05, 4.69) is 10.6 Å². The lowest BCUT2D eigenvalue weighted by molar-refractivity contribution is -0.130. The second kappa shape index (κ2) is 6.97. The smallest absolute Gasteiger partial charge is 0.241 e. The molecule has 1 aromatic carbocycles. The van der Waals surface area contributed by atoms with Crippen LogP contribution < -0.4 is 15.4 Å². The summed E-state index contributed by atoms with van der Waals surface area (Å²) in [5, 5.41) is 7.37. The summed E-state index contributed by atoms with van der Waals surface area (Å²) in [7, 11) is 3.52. The van der Waals surface area contributed by atoms with E-state index in [4.69, 9.17) is 16.3 Å². The van der Waals surface area contributed by atoms with Gasteiger partial charge in [-0.2, -0.15) is 0 Å². The minimum atomic E-state index is 0.0957. The van der Waals surface area contributed by atoms with Gasteiger partial charge in [-0.05, 0) is 43.9 Å². The second-order valence-electron chi connectivity index (χ2n) is 6.47. The Labute approximate surface area is 142 Å². The Kier molecular flexibility index (Phi) is 4.97. The van der Waals surface area contributed by atoms with Crippen molar-refractivity contribution in [3.63, 3.8) is 0 Å². The molecule has 5 nitrogen and oxygen atoms in total. The number of halogens is 1. The third-order valence-electron chi connectivity index (χ3n) is 4.98. The predicted octanol–water partition coefficient (Wildman–Crippen LogP) is 2.50. The fraction of sp³-hybridized carbons (Fsp3) is 0.588. The molecule has 0 aliphatic carbocycles. The number of ether oxygens (including phenoxy) is 1. The number of nitrogens with one attached hydrogen (secondary N) is 2. The van der Waals surface area contributed by atoms with E-state index in [-0.39, 0.29) is 12.5 Å². The Morgan fingerprint density at radius 1 is 1.39 bits per heavy atom. The summed E-state index contributed by atoms with van der Waals surface area (Å²) in [5.74, 6) is 0.781. The number of carbonyl (C=O) groups is 1. The number of likely N-dealkylation sites (N-methyl/N-ethyl adjacent to an activating group) is 1. The molecule has 0 aromatic heterocycles. The van der Waals surface area contributed by atoms with Crippen LogP contribution in [0.25, 0.3) is 0 Å². The van der Waals surface area contributed by atoms with Crippen molar-refractivity contribution in [1.29, 1.82) is 0 Å². The van der Waals surface area contributed by atoms with E-state index in [1.807, 2.05) is 11.9 Å². The molecular formula is C17H24ClN3O2. The number of nitrogens with zero attached hydrogens (tertiary/aromatic N) is 1. The molecule has 0 spiro atoms. The van der Waals surface area contributed by atoms with Crippen LogP contribution in [0.5, 0.6) is 5.75 Å². The Morgan fingerprint density at radius 3 is 2.74 bits per heavy atom. The number of benzene rings is 1. The topological polar surface area (TPSA) is 53.6 Å². The van der Waals surface area contributed by atoms with Gasteiger partial charge in [0.1, 0.15) is 5.75 Å². The molecule has 126 valence electrons. The van der Waals surface area contributed by atoms with Crippen molar-refractivity contribution in [1.82, 2.24) is 10.2 Å². The number of hydrogen-bond acceptors (Lipinski definition) is 4. The minimum absolute atomic E-state index is 0.0957. The van der Waals surface area contributed by atoms with Gasteiger partial charge < -0.3 is 20.3 Å². The highest BCUT2D eigenvalue weighted by Crippen LogP contribution is 2.30. The van der Waals surface area contributed by atoms with Crippen molar-refractivity contribution in [2.45, 2.75) is 43.8 Å². The second-order valence-corrected chi connectivity index (χ2v) is 6.90. The summed E-state index contributed by atoms with van der Waals surface area (Å²) in [5.41, 5.74) is 0.743. The van der Waals surface area contributed by atoms with E-state index in [0.717, 1.165) is 18.5 Å². The van der Waals surface area contributed by atoms with Crippen LogP contribution in [-0.4, -0.2) is 49.6 Å². The number of methoxy groups -OCH3 is 1. The lowest BCUT2D eigenvalue weighted by Crippen LogP contribution is -2.49. The molecule has 2 saturated heterocycles. The van der Waals surface area contributed by atoms with Crippen molar-refractivity contribution in [3.8, 4) is 5.75 Å². The number of amides is 1. The van der Waals surface area contributed by atoms with Crippen molar-refractivity contribution in [2.24, 2.45) is 0 Å². The van der Waals surface area contributed by atoms with Crippen LogP contribution in [-0.2, 0) is 4.79 Å². The molecule has 1 amide bonds. The molecule has 2 N–H and O–H groups in total. The summed E-state index contributed by atoms with van der Waals surface area (Å²) in [4.78, 5) is 14.4. The molecule has 0 radical (unpaired) electrons. The average Bonchev–Trinajstić information content (AvgIpc) is 2.90.